The Hall–Kier alpha value is -5.80. The summed E-state index contributed by atoms with van der Waals surface area (Å²) in [6, 6.07) is 4.57. The summed E-state index contributed by atoms with van der Waals surface area (Å²) in [4.78, 5) is 76.7. The predicted octanol–water partition coefficient (Wildman–Crippen LogP) is 3.34. The number of nitro groups is 3. The normalized spacial score (nSPS) is 19.4. The second-order valence-electron chi connectivity index (χ2n) is 10.1. The molecule has 4 heterocycles. The van der Waals surface area contributed by atoms with Crippen molar-refractivity contribution in [3.63, 3.8) is 0 Å². The van der Waals surface area contributed by atoms with Crippen LogP contribution in [0.1, 0.15) is 64.1 Å². The lowest BCUT2D eigenvalue weighted by atomic mass is 9.85. The molecule has 0 bridgehead atoms. The maximum absolute atomic E-state index is 13.7. The Morgan fingerprint density at radius 2 is 1.86 bits per heavy atom. The topological polar surface area (TPSA) is 217 Å². The van der Waals surface area contributed by atoms with Crippen molar-refractivity contribution < 1.29 is 33.8 Å². The number of nitrogens with zero attached hydrogens (tertiary/aromatic N) is 5. The van der Waals surface area contributed by atoms with Gasteiger partial charge in [-0.25, -0.2) is 14.6 Å². The average molecular weight is 589 g/mol. The number of benzene rings is 1. The minimum absolute atomic E-state index is 0.0355. The Morgan fingerprint density at radius 3 is 2.53 bits per heavy atom. The lowest BCUT2D eigenvalue weighted by Gasteiger charge is -2.35. The summed E-state index contributed by atoms with van der Waals surface area (Å²) in [5.41, 5.74) is -2.81. The molecule has 2 unspecified atom stereocenters. The van der Waals surface area contributed by atoms with Gasteiger partial charge in [0.2, 0.25) is 11.6 Å². The number of nitro benzene ring substituents is 2. The number of ether oxygens (including phenoxy) is 2. The van der Waals surface area contributed by atoms with Gasteiger partial charge in [-0.15, -0.1) is 0 Å². The van der Waals surface area contributed by atoms with Crippen molar-refractivity contribution in [2.24, 2.45) is 0 Å². The molecule has 16 nitrogen and oxygen atoms in total. The number of hydrogen-bond acceptors (Lipinski definition) is 12. The number of carbonyl (C=O) groups is 2. The van der Waals surface area contributed by atoms with Crippen molar-refractivity contribution >= 4 is 29.4 Å². The van der Waals surface area contributed by atoms with E-state index < -0.39 is 67.5 Å². The predicted molar refractivity (Wildman–Crippen MR) is 143 cm³/mol. The van der Waals surface area contributed by atoms with Crippen molar-refractivity contribution in [2.45, 2.75) is 44.6 Å². The van der Waals surface area contributed by atoms with Crippen molar-refractivity contribution in [2.75, 3.05) is 0 Å². The molecule has 218 valence electrons. The Kier molecular flexibility index (Phi) is 6.14. The van der Waals surface area contributed by atoms with Crippen LogP contribution in [0.3, 0.4) is 0 Å². The molecule has 2 aromatic heterocycles. The van der Waals surface area contributed by atoms with Crippen LogP contribution in [-0.2, 0) is 33.0 Å². The first-order valence-corrected chi connectivity index (χ1v) is 12.9. The molecule has 0 radical (unpaired) electrons. The first-order chi connectivity index (χ1) is 20.5. The zero-order valence-electron chi connectivity index (χ0n) is 22.2. The fourth-order valence-electron chi connectivity index (χ4n) is 5.71. The average Bonchev–Trinajstić information content (AvgIpc) is 3.34. The number of carbonyl (C=O) groups excluding carboxylic acids is 2. The summed E-state index contributed by atoms with van der Waals surface area (Å²) < 4.78 is 12.3. The lowest BCUT2D eigenvalue weighted by molar-refractivity contribution is -0.528. The van der Waals surface area contributed by atoms with Gasteiger partial charge in [-0.1, -0.05) is 13.0 Å². The van der Waals surface area contributed by atoms with Gasteiger partial charge < -0.3 is 14.0 Å². The fraction of sp³-hybridized carbons (Fsp3) is 0.259. The van der Waals surface area contributed by atoms with Crippen molar-refractivity contribution in [3.05, 3.63) is 111 Å². The molecule has 0 spiro atoms. The summed E-state index contributed by atoms with van der Waals surface area (Å²) >= 11 is 0. The second-order valence-corrected chi connectivity index (χ2v) is 10.1. The van der Waals surface area contributed by atoms with Crippen molar-refractivity contribution in [1.82, 2.24) is 9.55 Å². The van der Waals surface area contributed by atoms with Crippen LogP contribution in [-0.4, -0.2) is 36.3 Å². The van der Waals surface area contributed by atoms with Gasteiger partial charge in [-0.05, 0) is 30.7 Å². The third-order valence-corrected chi connectivity index (χ3v) is 7.86. The molecule has 0 N–H and O–H groups in total. The Bertz CT molecular complexity index is 1910. The number of pyridine rings is 2. The van der Waals surface area contributed by atoms with Crippen LogP contribution in [0.2, 0.25) is 0 Å². The minimum Gasteiger partial charge on any atom is -0.457 e. The molecule has 0 fully saturated rings. The van der Waals surface area contributed by atoms with E-state index in [1.807, 2.05) is 0 Å². The molecule has 1 aliphatic carbocycles. The highest BCUT2D eigenvalue weighted by Gasteiger charge is 2.51. The van der Waals surface area contributed by atoms with Gasteiger partial charge in [0, 0.05) is 34.6 Å². The van der Waals surface area contributed by atoms with E-state index in [1.165, 1.54) is 17.6 Å². The van der Waals surface area contributed by atoms with Crippen molar-refractivity contribution in [1.29, 1.82) is 0 Å². The molecule has 43 heavy (non-hydrogen) atoms. The fourth-order valence-corrected chi connectivity index (χ4v) is 5.71. The van der Waals surface area contributed by atoms with E-state index in [2.05, 4.69) is 4.98 Å². The number of rotatable bonds is 6. The third-order valence-electron chi connectivity index (χ3n) is 7.86. The lowest BCUT2D eigenvalue weighted by Crippen LogP contribution is -2.47. The van der Waals surface area contributed by atoms with E-state index in [4.69, 9.17) is 9.47 Å². The van der Waals surface area contributed by atoms with Gasteiger partial charge in [0.25, 0.3) is 5.56 Å². The number of esters is 2. The Morgan fingerprint density at radius 1 is 1.12 bits per heavy atom. The van der Waals surface area contributed by atoms with Crippen LogP contribution in [0.15, 0.2) is 41.2 Å². The van der Waals surface area contributed by atoms with Crippen molar-refractivity contribution in [3.8, 4) is 11.4 Å². The largest absolute Gasteiger partial charge is 0.457 e. The van der Waals surface area contributed by atoms with Crippen LogP contribution in [0.4, 0.5) is 11.4 Å². The molecule has 3 aromatic rings. The van der Waals surface area contributed by atoms with E-state index in [1.54, 1.807) is 18.2 Å². The molecule has 2 aliphatic heterocycles. The molecule has 0 amide bonds. The van der Waals surface area contributed by atoms with Crippen LogP contribution in [0.25, 0.3) is 17.5 Å². The van der Waals surface area contributed by atoms with Gasteiger partial charge in [-0.3, -0.25) is 35.1 Å². The summed E-state index contributed by atoms with van der Waals surface area (Å²) in [7, 11) is 0. The maximum Gasteiger partial charge on any atom is 0.355 e. The zero-order chi connectivity index (χ0) is 30.8. The van der Waals surface area contributed by atoms with Crippen LogP contribution in [0.5, 0.6) is 0 Å². The summed E-state index contributed by atoms with van der Waals surface area (Å²) in [6.45, 7) is 1.16. The smallest absolute Gasteiger partial charge is 0.355 e. The summed E-state index contributed by atoms with van der Waals surface area (Å²) in [5.74, 6) is -2.20. The molecule has 0 saturated carbocycles. The summed E-state index contributed by atoms with van der Waals surface area (Å²) in [6.07, 6.45) is 3.31. The van der Waals surface area contributed by atoms with E-state index >= 15 is 0 Å². The summed E-state index contributed by atoms with van der Waals surface area (Å²) in [5, 5.41) is 34.2. The molecule has 2 atom stereocenters. The molecule has 16 heteroatoms. The SMILES string of the molecule is CCC1(OC(=O)c2ccc([N+](=O)[O-])c([N+](=O)[O-])c2)C(=O)OCc2c1cc1n(c2=O)Cc2cc3c(nc2-1)C=CCC3[N+](=O)[O-]. The quantitative estimate of drug-likeness (QED) is 0.180. The van der Waals surface area contributed by atoms with Gasteiger partial charge in [0.1, 0.15) is 6.61 Å². The molecule has 6 rings (SSSR count). The van der Waals surface area contributed by atoms with E-state index in [0.717, 1.165) is 12.1 Å². The molecule has 0 saturated heterocycles. The first kappa shape index (κ1) is 27.4. The van der Waals surface area contributed by atoms with E-state index in [-0.39, 0.29) is 30.5 Å². The third kappa shape index (κ3) is 4.05. The molecule has 3 aliphatic rings. The highest BCUT2D eigenvalue weighted by atomic mass is 16.6. The second kappa shape index (κ2) is 9.64. The monoisotopic (exact) mass is 589 g/mol. The first-order valence-electron chi connectivity index (χ1n) is 12.9. The number of fused-ring (bicyclic) bond motifs is 5. The molecule has 1 aromatic carbocycles. The van der Waals surface area contributed by atoms with E-state index in [9.17, 15) is 44.7 Å². The standard InChI is InChI=1S/C27H19N5O11/c1-2-27(43-25(34)13-6-7-20(31(38)39)21(9-13)32(40)41)17-10-22-23-14(11-29(22)24(33)16(17)12-42-26(27)35)8-15-18(28-23)4-3-5-19(15)30(36)37/h3-4,6-10,19H,2,5,11-12H2,1H3. The van der Waals surface area contributed by atoms with Crippen LogP contribution < -0.4 is 5.56 Å². The minimum atomic E-state index is -2.14. The highest BCUT2D eigenvalue weighted by Crippen LogP contribution is 2.42. The molecular weight excluding hydrogens is 570 g/mol. The Labute approximate surface area is 239 Å². The Balaban J connectivity index is 1.46. The number of cyclic esters (lactones) is 1. The number of aromatic nitrogens is 2. The zero-order valence-corrected chi connectivity index (χ0v) is 22.2. The van der Waals surface area contributed by atoms with Gasteiger partial charge >= 0.3 is 23.3 Å². The number of hydrogen-bond donors (Lipinski definition) is 0. The van der Waals surface area contributed by atoms with E-state index in [0.29, 0.717) is 34.3 Å². The van der Waals surface area contributed by atoms with Gasteiger partial charge in [-0.2, -0.15) is 0 Å². The van der Waals surface area contributed by atoms with Crippen LogP contribution >= 0.6 is 0 Å². The van der Waals surface area contributed by atoms with Gasteiger partial charge in [0.15, 0.2) is 0 Å². The van der Waals surface area contributed by atoms with Gasteiger partial charge in [0.05, 0.1) is 50.2 Å². The maximum atomic E-state index is 13.7. The van der Waals surface area contributed by atoms with Crippen LogP contribution in [0, 0.1) is 30.3 Å². The molecular formula is C27H19N5O11. The highest BCUT2D eigenvalue weighted by molar-refractivity contribution is 5.95.